The van der Waals surface area contributed by atoms with Gasteiger partial charge in [0, 0.05) is 16.1 Å². The third-order valence-corrected chi connectivity index (χ3v) is 4.11. The Morgan fingerprint density at radius 2 is 2.00 bits per heavy atom. The van der Waals surface area contributed by atoms with E-state index in [1.165, 1.54) is 0 Å². The molecule has 1 N–H and O–H groups in total. The van der Waals surface area contributed by atoms with E-state index < -0.39 is 0 Å². The van der Waals surface area contributed by atoms with Crippen LogP contribution in [0.5, 0.6) is 0 Å². The lowest BCUT2D eigenvalue weighted by Crippen LogP contribution is -2.25. The number of hydrogen-bond donors (Lipinski definition) is 1. The molecule has 0 fully saturated rings. The van der Waals surface area contributed by atoms with Crippen LogP contribution < -0.4 is 5.32 Å². The van der Waals surface area contributed by atoms with E-state index >= 15 is 0 Å². The molecule has 4 heteroatoms. The average Bonchev–Trinajstić information content (AvgIpc) is 2.47. The smallest absolute Gasteiger partial charge is 0.146 e. The molecule has 21 heavy (non-hydrogen) atoms. The van der Waals surface area contributed by atoms with Gasteiger partial charge in [0.05, 0.1) is 5.02 Å². The molecule has 0 aliphatic rings. The molecular weight excluding hydrogens is 353 g/mol. The summed E-state index contributed by atoms with van der Waals surface area (Å²) >= 11 is 9.38. The Bertz CT molecular complexity index is 603. The maximum atomic E-state index is 14.3. The van der Waals surface area contributed by atoms with Crippen molar-refractivity contribution in [3.8, 4) is 0 Å². The van der Waals surface area contributed by atoms with Crippen LogP contribution in [0.15, 0.2) is 46.9 Å². The van der Waals surface area contributed by atoms with Crippen molar-refractivity contribution in [1.82, 2.24) is 5.32 Å². The van der Waals surface area contributed by atoms with Gasteiger partial charge in [0.2, 0.25) is 0 Å². The highest BCUT2D eigenvalue weighted by Gasteiger charge is 2.17. The van der Waals surface area contributed by atoms with Crippen molar-refractivity contribution < 1.29 is 4.39 Å². The Kier molecular flexibility index (Phi) is 6.22. The molecule has 0 heterocycles. The predicted molar refractivity (Wildman–Crippen MR) is 90.3 cm³/mol. The first-order chi connectivity index (χ1) is 10.1. The maximum absolute atomic E-state index is 14.3. The quantitative estimate of drug-likeness (QED) is 0.705. The molecule has 1 atom stereocenters. The molecule has 0 bridgehead atoms. The summed E-state index contributed by atoms with van der Waals surface area (Å²) in [7, 11) is 0. The van der Waals surface area contributed by atoms with E-state index in [4.69, 9.17) is 11.6 Å². The third kappa shape index (κ3) is 4.53. The molecule has 0 saturated carbocycles. The summed E-state index contributed by atoms with van der Waals surface area (Å²) < 4.78 is 15.3. The lowest BCUT2D eigenvalue weighted by molar-refractivity contribution is 0.497. The fraction of sp³-hybridized carbons (Fsp3) is 0.294. The zero-order valence-corrected chi connectivity index (χ0v) is 14.2. The number of halogens is 3. The summed E-state index contributed by atoms with van der Waals surface area (Å²) in [5, 5.41) is 3.58. The Labute approximate surface area is 138 Å². The second-order valence-electron chi connectivity index (χ2n) is 4.98. The third-order valence-electron chi connectivity index (χ3n) is 3.33. The van der Waals surface area contributed by atoms with Crippen LogP contribution in [-0.4, -0.2) is 6.54 Å². The minimum absolute atomic E-state index is 0.0852. The van der Waals surface area contributed by atoms with Crippen LogP contribution in [-0.2, 0) is 6.42 Å². The zero-order chi connectivity index (χ0) is 15.2. The van der Waals surface area contributed by atoms with Gasteiger partial charge in [-0.25, -0.2) is 4.39 Å². The van der Waals surface area contributed by atoms with E-state index in [-0.39, 0.29) is 16.9 Å². The molecular formula is C17H18BrClFN. The second-order valence-corrected chi connectivity index (χ2v) is 6.31. The summed E-state index contributed by atoms with van der Waals surface area (Å²) in [6.07, 6.45) is 1.72. The van der Waals surface area contributed by atoms with Crippen LogP contribution in [0.2, 0.25) is 5.02 Å². The fourth-order valence-electron chi connectivity index (χ4n) is 2.30. The predicted octanol–water partition coefficient (Wildman–Crippen LogP) is 5.53. The molecule has 0 aromatic heterocycles. The van der Waals surface area contributed by atoms with Crippen LogP contribution in [0, 0.1) is 5.82 Å². The Balaban J connectivity index is 2.27. The van der Waals surface area contributed by atoms with Crippen molar-refractivity contribution >= 4 is 27.5 Å². The number of benzene rings is 2. The summed E-state index contributed by atoms with van der Waals surface area (Å²) in [5.41, 5.74) is 1.77. The molecule has 0 aliphatic carbocycles. The monoisotopic (exact) mass is 369 g/mol. The van der Waals surface area contributed by atoms with E-state index in [1.54, 1.807) is 18.2 Å². The van der Waals surface area contributed by atoms with Gasteiger partial charge in [0.1, 0.15) is 5.82 Å². The largest absolute Gasteiger partial charge is 0.310 e. The maximum Gasteiger partial charge on any atom is 0.146 e. The Morgan fingerprint density at radius 1 is 1.24 bits per heavy atom. The summed E-state index contributed by atoms with van der Waals surface area (Å²) in [5.74, 6) is -0.331. The van der Waals surface area contributed by atoms with Gasteiger partial charge in [-0.2, -0.15) is 0 Å². The van der Waals surface area contributed by atoms with Crippen molar-refractivity contribution in [2.75, 3.05) is 6.54 Å². The summed E-state index contributed by atoms with van der Waals surface area (Å²) in [6, 6.07) is 13.2. The van der Waals surface area contributed by atoms with Gasteiger partial charge in [-0.15, -0.1) is 0 Å². The fourth-order valence-corrected chi connectivity index (χ4v) is 2.93. The van der Waals surface area contributed by atoms with Crippen LogP contribution in [0.25, 0.3) is 0 Å². The van der Waals surface area contributed by atoms with Crippen molar-refractivity contribution in [3.63, 3.8) is 0 Å². The first kappa shape index (κ1) is 16.5. The standard InChI is InChI=1S/C17H18BrClFN/c1-2-9-21-16(11-12-5-3-6-13(18)10-12)14-7-4-8-15(19)17(14)20/h3-8,10,16,21H,2,9,11H2,1H3. The summed E-state index contributed by atoms with van der Waals surface area (Å²) in [6.45, 7) is 2.93. The molecule has 1 unspecified atom stereocenters. The van der Waals surface area contributed by atoms with E-state index in [2.05, 4.69) is 34.2 Å². The summed E-state index contributed by atoms with van der Waals surface area (Å²) in [4.78, 5) is 0. The number of nitrogens with one attached hydrogen (secondary N) is 1. The highest BCUT2D eigenvalue weighted by atomic mass is 79.9. The van der Waals surface area contributed by atoms with Crippen molar-refractivity contribution in [3.05, 3.63) is 68.9 Å². The van der Waals surface area contributed by atoms with Crippen LogP contribution in [0.1, 0.15) is 30.5 Å². The number of hydrogen-bond acceptors (Lipinski definition) is 1. The lowest BCUT2D eigenvalue weighted by Gasteiger charge is -2.20. The van der Waals surface area contributed by atoms with Crippen LogP contribution in [0.4, 0.5) is 4.39 Å². The van der Waals surface area contributed by atoms with Gasteiger partial charge in [0.15, 0.2) is 0 Å². The van der Waals surface area contributed by atoms with E-state index in [1.807, 2.05) is 18.2 Å². The highest BCUT2D eigenvalue weighted by molar-refractivity contribution is 9.10. The SMILES string of the molecule is CCCNC(Cc1cccc(Br)c1)c1cccc(Cl)c1F. The van der Waals surface area contributed by atoms with Gasteiger partial charge in [-0.05, 0) is 43.1 Å². The molecule has 2 aromatic carbocycles. The first-order valence-corrected chi connectivity index (χ1v) is 8.20. The van der Waals surface area contributed by atoms with Gasteiger partial charge < -0.3 is 5.32 Å². The molecule has 0 radical (unpaired) electrons. The van der Waals surface area contributed by atoms with Crippen molar-refractivity contribution in [1.29, 1.82) is 0 Å². The Hall–Kier alpha value is -0.900. The molecule has 0 amide bonds. The van der Waals surface area contributed by atoms with E-state index in [0.717, 1.165) is 29.4 Å². The van der Waals surface area contributed by atoms with Crippen LogP contribution >= 0.6 is 27.5 Å². The van der Waals surface area contributed by atoms with Crippen molar-refractivity contribution in [2.24, 2.45) is 0 Å². The second kappa shape index (κ2) is 7.92. The van der Waals surface area contributed by atoms with Crippen LogP contribution in [0.3, 0.4) is 0 Å². The normalized spacial score (nSPS) is 12.4. The highest BCUT2D eigenvalue weighted by Crippen LogP contribution is 2.26. The zero-order valence-electron chi connectivity index (χ0n) is 11.9. The van der Waals surface area contributed by atoms with E-state index in [9.17, 15) is 4.39 Å². The molecule has 1 nitrogen and oxygen atoms in total. The molecule has 2 aromatic rings. The molecule has 112 valence electrons. The van der Waals surface area contributed by atoms with Gasteiger partial charge in [-0.3, -0.25) is 0 Å². The van der Waals surface area contributed by atoms with Crippen molar-refractivity contribution in [2.45, 2.75) is 25.8 Å². The first-order valence-electron chi connectivity index (χ1n) is 7.03. The lowest BCUT2D eigenvalue weighted by atomic mass is 9.98. The Morgan fingerprint density at radius 3 is 2.71 bits per heavy atom. The molecule has 0 saturated heterocycles. The van der Waals surface area contributed by atoms with Gasteiger partial charge >= 0.3 is 0 Å². The molecule has 0 spiro atoms. The topological polar surface area (TPSA) is 12.0 Å². The van der Waals surface area contributed by atoms with Gasteiger partial charge in [0.25, 0.3) is 0 Å². The van der Waals surface area contributed by atoms with Gasteiger partial charge in [-0.1, -0.05) is 58.7 Å². The minimum atomic E-state index is -0.331. The molecule has 0 aliphatic heterocycles. The average molecular weight is 371 g/mol. The molecule has 2 rings (SSSR count). The number of rotatable bonds is 6. The minimum Gasteiger partial charge on any atom is -0.310 e. The van der Waals surface area contributed by atoms with E-state index in [0.29, 0.717) is 5.56 Å².